The Kier molecular flexibility index (Phi) is 2.79. The number of benzene rings is 1. The van der Waals surface area contributed by atoms with Crippen LogP contribution in [-0.4, -0.2) is 23.2 Å². The van der Waals surface area contributed by atoms with Crippen molar-refractivity contribution in [2.75, 3.05) is 19.1 Å². The normalized spacial score (nSPS) is 13.0. The first kappa shape index (κ1) is 11.6. The molecule has 0 aliphatic rings. The molecular weight excluding hydrogens is 243 g/mol. The molecule has 0 radical (unpaired) electrons. The molecule has 3 nitrogen and oxygen atoms in total. The Morgan fingerprint density at radius 2 is 1.94 bits per heavy atom. The van der Waals surface area contributed by atoms with Gasteiger partial charge in [0.05, 0.1) is 0 Å². The van der Waals surface area contributed by atoms with Gasteiger partial charge in [0.1, 0.15) is 0 Å². The van der Waals surface area contributed by atoms with Crippen LogP contribution >= 0.6 is 19.1 Å². The molecule has 0 spiro atoms. The second kappa shape index (κ2) is 3.85. The van der Waals surface area contributed by atoms with Crippen LogP contribution < -0.4 is 11.0 Å². The fraction of sp³-hybridized carbons (Fsp3) is 0.182. The van der Waals surface area contributed by atoms with Crippen molar-refractivity contribution in [3.05, 3.63) is 29.4 Å². The molecule has 0 bridgehead atoms. The van der Waals surface area contributed by atoms with Gasteiger partial charge in [0.25, 0.3) is 0 Å². The molecular formula is C11H14ClN2OP. The van der Waals surface area contributed by atoms with Crippen molar-refractivity contribution < 1.29 is 4.89 Å². The maximum absolute atomic E-state index is 10.2. The van der Waals surface area contributed by atoms with E-state index in [0.717, 1.165) is 16.2 Å². The average molecular weight is 257 g/mol. The van der Waals surface area contributed by atoms with Gasteiger partial charge in [-0.3, -0.25) is 0 Å². The van der Waals surface area contributed by atoms with Gasteiger partial charge in [-0.05, 0) is 0 Å². The number of nitrogens with zero attached hydrogens (tertiary/aromatic N) is 1. The number of pyridine rings is 1. The molecule has 0 fully saturated rings. The summed E-state index contributed by atoms with van der Waals surface area (Å²) in [6.45, 7) is 3.68. The minimum atomic E-state index is -2.47. The van der Waals surface area contributed by atoms with Gasteiger partial charge >= 0.3 is 99.3 Å². The molecule has 3 N–H and O–H groups in total. The predicted octanol–water partition coefficient (Wildman–Crippen LogP) is 2.01. The average Bonchev–Trinajstić information content (AvgIpc) is 2.16. The van der Waals surface area contributed by atoms with Crippen LogP contribution in [0.25, 0.3) is 10.9 Å². The molecule has 86 valence electrons. The van der Waals surface area contributed by atoms with Gasteiger partial charge in [0.2, 0.25) is 0 Å². The Labute approximate surface area is 99.7 Å². The molecule has 0 amide bonds. The van der Waals surface area contributed by atoms with Crippen molar-refractivity contribution >= 4 is 41.0 Å². The third-order valence-electron chi connectivity index (χ3n) is 2.48. The summed E-state index contributed by atoms with van der Waals surface area (Å²) >= 11 is 5.83. The zero-order valence-electron chi connectivity index (χ0n) is 9.16. The van der Waals surface area contributed by atoms with E-state index in [-0.39, 0.29) is 0 Å². The zero-order chi connectivity index (χ0) is 11.9. The first-order valence-corrected chi connectivity index (χ1v) is 8.30. The third kappa shape index (κ3) is 1.99. The summed E-state index contributed by atoms with van der Waals surface area (Å²) in [7, 11) is -2.47. The van der Waals surface area contributed by atoms with E-state index >= 15 is 0 Å². The number of anilines is 1. The van der Waals surface area contributed by atoms with Crippen LogP contribution in [-0.2, 0) is 0 Å². The van der Waals surface area contributed by atoms with Gasteiger partial charge < -0.3 is 0 Å². The van der Waals surface area contributed by atoms with Gasteiger partial charge in [0.15, 0.2) is 0 Å². The van der Waals surface area contributed by atoms with Crippen molar-refractivity contribution in [1.29, 1.82) is 0 Å². The molecule has 0 unspecified atom stereocenters. The SMILES string of the molecule is C[PH](C)(O)c1c(N)ccc2nc(Cl)ccc12. The molecule has 1 aromatic heterocycles. The van der Waals surface area contributed by atoms with Gasteiger partial charge in [-0.15, -0.1) is 0 Å². The molecule has 0 atom stereocenters. The molecule has 1 aromatic carbocycles. The van der Waals surface area contributed by atoms with E-state index in [1.807, 2.05) is 25.5 Å². The molecule has 2 aromatic rings. The predicted molar refractivity (Wildman–Crippen MR) is 73.2 cm³/mol. The van der Waals surface area contributed by atoms with Crippen LogP contribution in [0.3, 0.4) is 0 Å². The molecule has 0 saturated carbocycles. The summed E-state index contributed by atoms with van der Waals surface area (Å²) < 4.78 is 0. The van der Waals surface area contributed by atoms with E-state index in [0.29, 0.717) is 10.8 Å². The van der Waals surface area contributed by atoms with E-state index in [2.05, 4.69) is 4.98 Å². The zero-order valence-corrected chi connectivity index (χ0v) is 10.9. The van der Waals surface area contributed by atoms with Crippen LogP contribution in [0.5, 0.6) is 0 Å². The molecule has 5 heteroatoms. The standard InChI is InChI=1S/C11H14ClN2OP/c1-16(2,15)11-7-3-6-10(12)14-9(7)5-4-8(11)13/h3-6,15-16H,13H2,1-2H3. The van der Waals surface area contributed by atoms with Crippen LogP contribution in [0.2, 0.25) is 5.15 Å². The van der Waals surface area contributed by atoms with Crippen LogP contribution in [0, 0.1) is 0 Å². The Bertz CT molecular complexity index is 551. The summed E-state index contributed by atoms with van der Waals surface area (Å²) in [5.41, 5.74) is 7.32. The van der Waals surface area contributed by atoms with Gasteiger partial charge in [-0.25, -0.2) is 0 Å². The summed E-state index contributed by atoms with van der Waals surface area (Å²) in [6, 6.07) is 7.17. The van der Waals surface area contributed by atoms with E-state index in [1.54, 1.807) is 12.1 Å². The number of halogens is 1. The number of nitrogens with two attached hydrogens (primary N) is 1. The Morgan fingerprint density at radius 3 is 2.56 bits per heavy atom. The van der Waals surface area contributed by atoms with E-state index in [9.17, 15) is 4.89 Å². The van der Waals surface area contributed by atoms with E-state index in [1.165, 1.54) is 0 Å². The van der Waals surface area contributed by atoms with Crippen LogP contribution in [0.4, 0.5) is 5.69 Å². The van der Waals surface area contributed by atoms with Crippen molar-refractivity contribution in [3.63, 3.8) is 0 Å². The number of fused-ring (bicyclic) bond motifs is 1. The maximum atomic E-state index is 10.2. The van der Waals surface area contributed by atoms with Gasteiger partial charge in [0, 0.05) is 0 Å². The minimum absolute atomic E-state index is 0.445. The Hall–Kier alpha value is -0.890. The van der Waals surface area contributed by atoms with Crippen LogP contribution in [0.1, 0.15) is 0 Å². The first-order chi connectivity index (χ1) is 7.39. The number of aromatic nitrogens is 1. The topological polar surface area (TPSA) is 59.1 Å². The quantitative estimate of drug-likeness (QED) is 0.466. The number of nitrogen functional groups attached to an aromatic ring is 1. The summed E-state index contributed by atoms with van der Waals surface area (Å²) in [4.78, 5) is 14.4. The molecule has 16 heavy (non-hydrogen) atoms. The number of hydrogen-bond acceptors (Lipinski definition) is 3. The second-order valence-corrected chi connectivity index (χ2v) is 8.29. The molecule has 1 heterocycles. The summed E-state index contributed by atoms with van der Waals surface area (Å²) in [6.07, 6.45) is 0. The monoisotopic (exact) mass is 256 g/mol. The first-order valence-electron chi connectivity index (χ1n) is 4.97. The summed E-state index contributed by atoms with van der Waals surface area (Å²) in [5.74, 6) is 0. The van der Waals surface area contributed by atoms with Crippen molar-refractivity contribution in [3.8, 4) is 0 Å². The molecule has 0 aliphatic heterocycles. The fourth-order valence-corrected chi connectivity index (χ4v) is 3.69. The molecule has 0 aliphatic carbocycles. The number of rotatable bonds is 1. The van der Waals surface area contributed by atoms with Crippen molar-refractivity contribution in [2.24, 2.45) is 0 Å². The summed E-state index contributed by atoms with van der Waals surface area (Å²) in [5, 5.41) is 2.17. The van der Waals surface area contributed by atoms with Gasteiger partial charge in [-0.2, -0.15) is 0 Å². The molecule has 2 rings (SSSR count). The van der Waals surface area contributed by atoms with E-state index < -0.39 is 7.49 Å². The molecule has 0 saturated heterocycles. The number of hydrogen-bond donors (Lipinski definition) is 2. The Balaban J connectivity index is 2.85. The van der Waals surface area contributed by atoms with Gasteiger partial charge in [-0.1, -0.05) is 0 Å². The fourth-order valence-electron chi connectivity index (χ4n) is 1.88. The van der Waals surface area contributed by atoms with E-state index in [4.69, 9.17) is 17.3 Å². The second-order valence-electron chi connectivity index (χ2n) is 4.29. The van der Waals surface area contributed by atoms with Crippen molar-refractivity contribution in [1.82, 2.24) is 4.98 Å². The van der Waals surface area contributed by atoms with Crippen molar-refractivity contribution in [2.45, 2.75) is 0 Å². The van der Waals surface area contributed by atoms with Crippen LogP contribution in [0.15, 0.2) is 24.3 Å². The third-order valence-corrected chi connectivity index (χ3v) is 4.47. The Morgan fingerprint density at radius 1 is 1.25 bits per heavy atom.